The molecule has 0 radical (unpaired) electrons. The maximum atomic E-state index is 13.5. The Hall–Kier alpha value is -1.62. The highest BCUT2D eigenvalue weighted by atomic mass is 19.1. The van der Waals surface area contributed by atoms with Crippen LogP contribution in [0.4, 0.5) is 4.39 Å². The average molecular weight is 226 g/mol. The predicted octanol–water partition coefficient (Wildman–Crippen LogP) is 0.911. The van der Waals surface area contributed by atoms with Crippen LogP contribution in [-0.4, -0.2) is 25.6 Å². The monoisotopic (exact) mass is 226 g/mol. The van der Waals surface area contributed by atoms with E-state index in [4.69, 9.17) is 10.5 Å². The molecule has 0 aliphatic carbocycles. The second-order valence-corrected chi connectivity index (χ2v) is 3.43. The molecule has 1 aromatic carbocycles. The van der Waals surface area contributed by atoms with Gasteiger partial charge in [0.2, 0.25) is 0 Å². The fourth-order valence-electron chi connectivity index (χ4n) is 1.25. The van der Waals surface area contributed by atoms with E-state index in [0.717, 1.165) is 0 Å². The minimum atomic E-state index is -0.610. The number of carbonyl (C=O) groups is 1. The van der Waals surface area contributed by atoms with Crippen LogP contribution in [-0.2, 0) is 0 Å². The van der Waals surface area contributed by atoms with Gasteiger partial charge in [-0.2, -0.15) is 0 Å². The number of carbonyl (C=O) groups excluding carboxylic acids is 1. The third kappa shape index (κ3) is 2.70. The van der Waals surface area contributed by atoms with E-state index in [9.17, 15) is 9.18 Å². The fourth-order valence-corrected chi connectivity index (χ4v) is 1.25. The Balaban J connectivity index is 2.98. The number of rotatable bonds is 4. The Morgan fingerprint density at radius 2 is 2.31 bits per heavy atom. The Bertz CT molecular complexity index is 382. The quantitative estimate of drug-likeness (QED) is 0.802. The van der Waals surface area contributed by atoms with Gasteiger partial charge >= 0.3 is 0 Å². The van der Waals surface area contributed by atoms with Gasteiger partial charge in [-0.3, -0.25) is 4.79 Å². The number of halogens is 1. The molecule has 1 atom stereocenters. The van der Waals surface area contributed by atoms with Gasteiger partial charge in [0.25, 0.3) is 5.91 Å². The number of hydrogen-bond donors (Lipinski definition) is 2. The first-order valence-corrected chi connectivity index (χ1v) is 4.93. The summed E-state index contributed by atoms with van der Waals surface area (Å²) >= 11 is 0. The van der Waals surface area contributed by atoms with Crippen molar-refractivity contribution < 1.29 is 13.9 Å². The molecule has 0 spiro atoms. The summed E-state index contributed by atoms with van der Waals surface area (Å²) in [6, 6.07) is 4.02. The topological polar surface area (TPSA) is 64.3 Å². The van der Waals surface area contributed by atoms with Crippen molar-refractivity contribution >= 4 is 5.91 Å². The second kappa shape index (κ2) is 5.46. The van der Waals surface area contributed by atoms with Gasteiger partial charge in [-0.1, -0.05) is 6.07 Å². The first-order chi connectivity index (χ1) is 7.60. The molecule has 16 heavy (non-hydrogen) atoms. The zero-order valence-electron chi connectivity index (χ0n) is 9.29. The minimum absolute atomic E-state index is 0.0923. The lowest BCUT2D eigenvalue weighted by Gasteiger charge is -2.13. The molecule has 0 heterocycles. The normalized spacial score (nSPS) is 12.0. The van der Waals surface area contributed by atoms with Crippen LogP contribution in [0.1, 0.15) is 17.3 Å². The van der Waals surface area contributed by atoms with Gasteiger partial charge in [-0.15, -0.1) is 0 Å². The first-order valence-electron chi connectivity index (χ1n) is 4.93. The largest absolute Gasteiger partial charge is 0.496 e. The van der Waals surface area contributed by atoms with Crippen LogP contribution in [0.15, 0.2) is 18.2 Å². The maximum absolute atomic E-state index is 13.5. The van der Waals surface area contributed by atoms with Crippen molar-refractivity contribution in [3.63, 3.8) is 0 Å². The van der Waals surface area contributed by atoms with Gasteiger partial charge in [0, 0.05) is 12.6 Å². The van der Waals surface area contributed by atoms with Gasteiger partial charge in [0.05, 0.1) is 7.11 Å². The van der Waals surface area contributed by atoms with Crippen LogP contribution in [0, 0.1) is 5.82 Å². The van der Waals surface area contributed by atoms with Gasteiger partial charge in [0.1, 0.15) is 17.1 Å². The lowest BCUT2D eigenvalue weighted by Crippen LogP contribution is -2.38. The Kier molecular flexibility index (Phi) is 4.25. The number of amides is 1. The highest BCUT2D eigenvalue weighted by Gasteiger charge is 2.18. The van der Waals surface area contributed by atoms with Crippen LogP contribution >= 0.6 is 0 Å². The smallest absolute Gasteiger partial charge is 0.258 e. The summed E-state index contributed by atoms with van der Waals surface area (Å²) in [5, 5.41) is 2.58. The fraction of sp³-hybridized carbons (Fsp3) is 0.364. The highest BCUT2D eigenvalue weighted by molar-refractivity contribution is 5.97. The van der Waals surface area contributed by atoms with E-state index in [1.807, 2.05) is 0 Å². The first kappa shape index (κ1) is 12.4. The maximum Gasteiger partial charge on any atom is 0.258 e. The summed E-state index contributed by atoms with van der Waals surface area (Å²) in [5.74, 6) is -0.921. The third-order valence-corrected chi connectivity index (χ3v) is 2.15. The van der Waals surface area contributed by atoms with Crippen LogP contribution in [0.3, 0.4) is 0 Å². The molecule has 0 aliphatic rings. The predicted molar refractivity (Wildman–Crippen MR) is 58.9 cm³/mol. The van der Waals surface area contributed by atoms with E-state index in [1.54, 1.807) is 6.92 Å². The van der Waals surface area contributed by atoms with E-state index < -0.39 is 11.7 Å². The van der Waals surface area contributed by atoms with Crippen molar-refractivity contribution in [2.45, 2.75) is 13.0 Å². The molecule has 0 saturated carbocycles. The Morgan fingerprint density at radius 3 is 2.88 bits per heavy atom. The van der Waals surface area contributed by atoms with E-state index in [1.165, 1.54) is 25.3 Å². The molecule has 88 valence electrons. The minimum Gasteiger partial charge on any atom is -0.496 e. The van der Waals surface area contributed by atoms with Crippen molar-refractivity contribution in [3.05, 3.63) is 29.6 Å². The number of methoxy groups -OCH3 is 1. The number of nitrogens with one attached hydrogen (secondary N) is 1. The zero-order chi connectivity index (χ0) is 12.1. The number of ether oxygens (including phenoxy) is 1. The van der Waals surface area contributed by atoms with Crippen LogP contribution in [0.5, 0.6) is 5.75 Å². The lowest BCUT2D eigenvalue weighted by atomic mass is 10.1. The van der Waals surface area contributed by atoms with E-state index in [0.29, 0.717) is 6.54 Å². The highest BCUT2D eigenvalue weighted by Crippen LogP contribution is 2.20. The molecule has 3 N–H and O–H groups in total. The van der Waals surface area contributed by atoms with Crippen molar-refractivity contribution in [2.24, 2.45) is 5.73 Å². The lowest BCUT2D eigenvalue weighted by molar-refractivity contribution is 0.0934. The molecule has 0 fully saturated rings. The third-order valence-electron chi connectivity index (χ3n) is 2.15. The number of nitrogens with two attached hydrogens (primary N) is 1. The van der Waals surface area contributed by atoms with Gasteiger partial charge in [-0.05, 0) is 19.1 Å². The molecule has 0 saturated heterocycles. The molecule has 0 aliphatic heterocycles. The van der Waals surface area contributed by atoms with Crippen molar-refractivity contribution in [2.75, 3.05) is 13.7 Å². The van der Waals surface area contributed by atoms with Crippen LogP contribution < -0.4 is 15.8 Å². The zero-order valence-corrected chi connectivity index (χ0v) is 9.29. The molecule has 4 nitrogen and oxygen atoms in total. The molecule has 1 amide bonds. The summed E-state index contributed by atoms with van der Waals surface area (Å²) in [6.07, 6.45) is 0. The van der Waals surface area contributed by atoms with Crippen molar-refractivity contribution in [1.29, 1.82) is 0 Å². The summed E-state index contributed by atoms with van der Waals surface area (Å²) < 4.78 is 18.4. The Morgan fingerprint density at radius 1 is 1.62 bits per heavy atom. The summed E-state index contributed by atoms with van der Waals surface area (Å²) in [4.78, 5) is 11.7. The van der Waals surface area contributed by atoms with E-state index in [2.05, 4.69) is 5.32 Å². The van der Waals surface area contributed by atoms with E-state index in [-0.39, 0.29) is 17.4 Å². The van der Waals surface area contributed by atoms with Gasteiger partial charge in [-0.25, -0.2) is 4.39 Å². The molecule has 0 bridgehead atoms. The van der Waals surface area contributed by atoms with Crippen LogP contribution in [0.2, 0.25) is 0 Å². The molecule has 1 aromatic rings. The number of benzene rings is 1. The van der Waals surface area contributed by atoms with Gasteiger partial charge < -0.3 is 15.8 Å². The molecular formula is C11H15FN2O2. The van der Waals surface area contributed by atoms with E-state index >= 15 is 0 Å². The Labute approximate surface area is 93.6 Å². The molecule has 0 aromatic heterocycles. The SMILES string of the molecule is COc1cccc(F)c1C(=O)N[C@H](C)CN. The van der Waals surface area contributed by atoms with Gasteiger partial charge in [0.15, 0.2) is 0 Å². The molecule has 5 heteroatoms. The standard InChI is InChI=1S/C11H15FN2O2/c1-7(6-13)14-11(15)10-8(12)4-3-5-9(10)16-2/h3-5,7H,6,13H2,1-2H3,(H,14,15)/t7-/m1/s1. The summed E-state index contributed by atoms with van der Waals surface area (Å²) in [7, 11) is 1.39. The second-order valence-electron chi connectivity index (χ2n) is 3.43. The molecular weight excluding hydrogens is 211 g/mol. The summed E-state index contributed by atoms with van der Waals surface area (Å²) in [5.41, 5.74) is 5.27. The summed E-state index contributed by atoms with van der Waals surface area (Å²) in [6.45, 7) is 2.04. The van der Waals surface area contributed by atoms with Crippen molar-refractivity contribution in [3.8, 4) is 5.75 Å². The van der Waals surface area contributed by atoms with Crippen molar-refractivity contribution in [1.82, 2.24) is 5.32 Å². The average Bonchev–Trinajstić information content (AvgIpc) is 2.28. The molecule has 0 unspecified atom stereocenters. The molecule has 1 rings (SSSR count). The van der Waals surface area contributed by atoms with Crippen LogP contribution in [0.25, 0.3) is 0 Å². The number of hydrogen-bond acceptors (Lipinski definition) is 3.